The van der Waals surface area contributed by atoms with E-state index in [4.69, 9.17) is 9.63 Å². The van der Waals surface area contributed by atoms with Crippen molar-refractivity contribution >= 4 is 17.5 Å². The van der Waals surface area contributed by atoms with Gasteiger partial charge in [-0.25, -0.2) is 0 Å². The number of hydrogen-bond donors (Lipinski definition) is 2. The number of rotatable bonds is 6. The molecule has 29 heavy (non-hydrogen) atoms. The highest BCUT2D eigenvalue weighted by molar-refractivity contribution is 6.17. The van der Waals surface area contributed by atoms with Crippen LogP contribution in [0.25, 0.3) is 22.8 Å². The maximum Gasteiger partial charge on any atom is 0.277 e. The second kappa shape index (κ2) is 7.69. The Balaban J connectivity index is 1.55. The molecule has 1 aliphatic heterocycles. The highest BCUT2D eigenvalue weighted by Gasteiger charge is 2.30. The van der Waals surface area contributed by atoms with E-state index in [0.717, 1.165) is 16.0 Å². The number of nitrogens with zero attached hydrogens (tertiary/aromatic N) is 3. The minimum atomic E-state index is -0.478. The third-order valence-corrected chi connectivity index (χ3v) is 4.42. The molecule has 0 bridgehead atoms. The van der Waals surface area contributed by atoms with Crippen LogP contribution in [0.5, 0.6) is 0 Å². The van der Waals surface area contributed by atoms with E-state index < -0.39 is 11.8 Å². The normalized spacial score (nSPS) is 13.7. The van der Waals surface area contributed by atoms with E-state index >= 15 is 0 Å². The maximum atomic E-state index is 12.3. The van der Waals surface area contributed by atoms with E-state index in [-0.39, 0.29) is 18.8 Å². The van der Waals surface area contributed by atoms with Gasteiger partial charge in [-0.05, 0) is 31.2 Å². The molecule has 0 saturated carbocycles. The molecule has 146 valence electrons. The van der Waals surface area contributed by atoms with E-state index in [1.165, 1.54) is 6.08 Å². The number of β-amino-alcohol motifs (C(OH)–C–C–N with tert-alkyl or cyclic N) is 1. The lowest BCUT2D eigenvalue weighted by molar-refractivity contribution is -0.137. The molecule has 0 radical (unpaired) electrons. The second-order valence-corrected chi connectivity index (χ2v) is 6.58. The average molecular weight is 390 g/mol. The first-order chi connectivity index (χ1) is 14.0. The fraction of sp³-hybridized carbons (Fsp3) is 0.143. The van der Waals surface area contributed by atoms with Gasteiger partial charge in [0.1, 0.15) is 5.70 Å². The van der Waals surface area contributed by atoms with Crippen LogP contribution < -0.4 is 5.32 Å². The zero-order chi connectivity index (χ0) is 20.4. The zero-order valence-corrected chi connectivity index (χ0v) is 15.6. The number of imide groups is 1. The molecule has 0 saturated heterocycles. The summed E-state index contributed by atoms with van der Waals surface area (Å²) in [6.45, 7) is 1.67. The highest BCUT2D eigenvalue weighted by atomic mass is 16.5. The summed E-state index contributed by atoms with van der Waals surface area (Å²) in [4.78, 5) is 29.6. The molecule has 4 rings (SSSR count). The molecule has 8 nitrogen and oxygen atoms in total. The molecule has 1 aliphatic rings. The first-order valence-corrected chi connectivity index (χ1v) is 9.02. The molecule has 3 aromatic rings. The molecule has 0 atom stereocenters. The van der Waals surface area contributed by atoms with Crippen molar-refractivity contribution in [3.63, 3.8) is 0 Å². The van der Waals surface area contributed by atoms with Crippen molar-refractivity contribution in [3.8, 4) is 22.8 Å². The number of amides is 2. The second-order valence-electron chi connectivity index (χ2n) is 6.58. The predicted molar refractivity (Wildman–Crippen MR) is 105 cm³/mol. The fourth-order valence-corrected chi connectivity index (χ4v) is 3.04. The summed E-state index contributed by atoms with van der Waals surface area (Å²) in [7, 11) is 0. The first-order valence-electron chi connectivity index (χ1n) is 9.02. The Morgan fingerprint density at radius 2 is 1.90 bits per heavy atom. The van der Waals surface area contributed by atoms with Crippen LogP contribution in [0.4, 0.5) is 5.69 Å². The number of anilines is 1. The fourth-order valence-electron chi connectivity index (χ4n) is 3.04. The van der Waals surface area contributed by atoms with Crippen molar-refractivity contribution < 1.29 is 19.2 Å². The van der Waals surface area contributed by atoms with Gasteiger partial charge in [0.25, 0.3) is 17.7 Å². The number of hydrogen-bond acceptors (Lipinski definition) is 7. The van der Waals surface area contributed by atoms with E-state index in [0.29, 0.717) is 23.0 Å². The maximum absolute atomic E-state index is 12.3. The Labute approximate surface area is 166 Å². The molecular formula is C21H18N4O4. The molecule has 2 aromatic carbocycles. The van der Waals surface area contributed by atoms with E-state index in [9.17, 15) is 9.59 Å². The van der Waals surface area contributed by atoms with Gasteiger partial charge >= 0.3 is 0 Å². The number of aliphatic hydroxyl groups excluding tert-OH is 1. The molecule has 0 aliphatic carbocycles. The van der Waals surface area contributed by atoms with Crippen LogP contribution in [0.2, 0.25) is 0 Å². The van der Waals surface area contributed by atoms with Crippen molar-refractivity contribution in [2.75, 3.05) is 18.5 Å². The SMILES string of the molecule is Cc1cccc(-c2noc(-c3cccc(NC4=CC(=O)N(CCO)C4=O)c3)n2)c1. The standard InChI is InChI=1S/C21H18N4O4/c1-13-4-2-5-14(10-13)19-23-20(29-24-19)15-6-3-7-16(11-15)22-17-12-18(27)25(8-9-26)21(17)28/h2-7,10-12,22,26H,8-9H2,1H3. The lowest BCUT2D eigenvalue weighted by Gasteiger charge is -2.13. The van der Waals surface area contributed by atoms with Gasteiger partial charge < -0.3 is 14.9 Å². The van der Waals surface area contributed by atoms with Gasteiger partial charge in [0, 0.05) is 22.9 Å². The van der Waals surface area contributed by atoms with Crippen molar-refractivity contribution in [3.05, 3.63) is 65.9 Å². The van der Waals surface area contributed by atoms with Gasteiger partial charge in [0.2, 0.25) is 5.82 Å². The van der Waals surface area contributed by atoms with Gasteiger partial charge in [0.05, 0.1) is 13.2 Å². The molecular weight excluding hydrogens is 372 g/mol. The predicted octanol–water partition coefficient (Wildman–Crippen LogP) is 2.37. The highest BCUT2D eigenvalue weighted by Crippen LogP contribution is 2.26. The summed E-state index contributed by atoms with van der Waals surface area (Å²) in [5, 5.41) is 16.0. The van der Waals surface area contributed by atoms with Crippen LogP contribution in [0, 0.1) is 6.92 Å². The summed E-state index contributed by atoms with van der Waals surface area (Å²) in [5.74, 6) is -0.104. The van der Waals surface area contributed by atoms with E-state index in [2.05, 4.69) is 15.5 Å². The molecule has 1 aromatic heterocycles. The minimum absolute atomic E-state index is 0.0386. The topological polar surface area (TPSA) is 109 Å². The lowest BCUT2D eigenvalue weighted by Crippen LogP contribution is -2.34. The largest absolute Gasteiger partial charge is 0.395 e. The number of carbonyl (C=O) groups is 2. The smallest absolute Gasteiger partial charge is 0.277 e. The van der Waals surface area contributed by atoms with Gasteiger partial charge in [-0.2, -0.15) is 4.98 Å². The van der Waals surface area contributed by atoms with Crippen LogP contribution >= 0.6 is 0 Å². The van der Waals surface area contributed by atoms with Gasteiger partial charge in [-0.15, -0.1) is 0 Å². The molecule has 2 heterocycles. The first kappa shape index (κ1) is 18.6. The Morgan fingerprint density at radius 3 is 2.69 bits per heavy atom. The van der Waals surface area contributed by atoms with Crippen LogP contribution in [0.15, 0.2) is 64.8 Å². The van der Waals surface area contributed by atoms with Crippen molar-refractivity contribution in [1.82, 2.24) is 15.0 Å². The number of aryl methyl sites for hydroxylation is 1. The van der Waals surface area contributed by atoms with Crippen molar-refractivity contribution in [2.45, 2.75) is 6.92 Å². The molecule has 0 unspecified atom stereocenters. The molecule has 0 fully saturated rings. The third kappa shape index (κ3) is 3.78. The third-order valence-electron chi connectivity index (χ3n) is 4.42. The molecule has 0 spiro atoms. The van der Waals surface area contributed by atoms with Crippen LogP contribution in [-0.4, -0.2) is 45.1 Å². The summed E-state index contributed by atoms with van der Waals surface area (Å²) in [6.07, 6.45) is 1.22. The van der Waals surface area contributed by atoms with Crippen LogP contribution in [0.3, 0.4) is 0 Å². The van der Waals surface area contributed by atoms with E-state index in [1.54, 1.807) is 18.2 Å². The van der Waals surface area contributed by atoms with Crippen molar-refractivity contribution in [1.29, 1.82) is 0 Å². The number of aromatic nitrogens is 2. The Hall–Kier alpha value is -3.78. The Kier molecular flexibility index (Phi) is 4.92. The number of nitrogens with one attached hydrogen (secondary N) is 1. The summed E-state index contributed by atoms with van der Waals surface area (Å²) in [5.41, 5.74) is 3.37. The lowest BCUT2D eigenvalue weighted by atomic mass is 10.1. The summed E-state index contributed by atoms with van der Waals surface area (Å²) >= 11 is 0. The van der Waals surface area contributed by atoms with Crippen molar-refractivity contribution in [2.24, 2.45) is 0 Å². The number of carbonyl (C=O) groups excluding carboxylic acids is 2. The zero-order valence-electron chi connectivity index (χ0n) is 15.6. The quantitative estimate of drug-likeness (QED) is 0.622. The Morgan fingerprint density at radius 1 is 1.10 bits per heavy atom. The molecule has 2 N–H and O–H groups in total. The van der Waals surface area contributed by atoms with Crippen LogP contribution in [0.1, 0.15) is 5.56 Å². The number of benzene rings is 2. The van der Waals surface area contributed by atoms with E-state index in [1.807, 2.05) is 37.3 Å². The molecule has 2 amide bonds. The monoisotopic (exact) mass is 390 g/mol. The van der Waals surface area contributed by atoms with Gasteiger partial charge in [-0.1, -0.05) is 35.0 Å². The molecule has 8 heteroatoms. The minimum Gasteiger partial charge on any atom is -0.395 e. The van der Waals surface area contributed by atoms with Gasteiger partial charge in [-0.3, -0.25) is 14.5 Å². The average Bonchev–Trinajstić information content (AvgIpc) is 3.30. The Bertz CT molecular complexity index is 1120. The summed E-state index contributed by atoms with van der Waals surface area (Å²) in [6, 6.07) is 14.9. The summed E-state index contributed by atoms with van der Waals surface area (Å²) < 4.78 is 5.40. The number of aliphatic hydroxyl groups is 1. The van der Waals surface area contributed by atoms with Gasteiger partial charge in [0.15, 0.2) is 0 Å². The van der Waals surface area contributed by atoms with Crippen LogP contribution in [-0.2, 0) is 9.59 Å².